The highest BCUT2D eigenvalue weighted by atomic mass is 32.1. The van der Waals surface area contributed by atoms with Crippen molar-refractivity contribution >= 4 is 16.3 Å². The van der Waals surface area contributed by atoms with Crippen LogP contribution in [0.25, 0.3) is 0 Å². The number of nitrogens with one attached hydrogen (secondary N) is 1. The molecule has 0 aliphatic heterocycles. The molecular weight excluding hydrogens is 190 g/mol. The molecule has 0 amide bonds. The maximum absolute atomic E-state index is 10.3. The predicted octanol–water partition coefficient (Wildman–Crippen LogP) is 0.622. The normalized spacial score (nSPS) is 9.00. The van der Waals surface area contributed by atoms with Gasteiger partial charge < -0.3 is 5.32 Å². The van der Waals surface area contributed by atoms with Gasteiger partial charge in [-0.15, -0.1) is 0 Å². The topological polar surface area (TPSA) is 68.1 Å². The number of rotatable bonds is 2. The largest absolute Gasteiger partial charge is 0.344 e. The summed E-state index contributed by atoms with van der Waals surface area (Å²) in [7, 11) is 1.78. The van der Waals surface area contributed by atoms with Gasteiger partial charge >= 0.3 is 5.00 Å². The SMILES string of the molecule is CNCC#Cc1ncc([N+](=O)[O-])s1. The molecule has 0 aliphatic rings. The maximum atomic E-state index is 10.3. The second-order valence-corrected chi connectivity index (χ2v) is 3.10. The van der Waals surface area contributed by atoms with Crippen LogP contribution in [0.3, 0.4) is 0 Å². The molecule has 0 saturated carbocycles. The van der Waals surface area contributed by atoms with Crippen molar-refractivity contribution in [3.05, 3.63) is 21.3 Å². The van der Waals surface area contributed by atoms with Crippen molar-refractivity contribution in [3.8, 4) is 11.8 Å². The second-order valence-electron chi connectivity index (χ2n) is 2.09. The molecule has 1 aromatic rings. The summed E-state index contributed by atoms with van der Waals surface area (Å²) in [5.74, 6) is 5.48. The van der Waals surface area contributed by atoms with E-state index in [1.807, 2.05) is 0 Å². The van der Waals surface area contributed by atoms with E-state index < -0.39 is 4.92 Å². The number of nitrogens with zero attached hydrogens (tertiary/aromatic N) is 2. The number of hydrogen-bond donors (Lipinski definition) is 1. The summed E-state index contributed by atoms with van der Waals surface area (Å²) < 4.78 is 0. The lowest BCUT2D eigenvalue weighted by molar-refractivity contribution is -0.380. The van der Waals surface area contributed by atoms with Gasteiger partial charge in [0, 0.05) is 0 Å². The van der Waals surface area contributed by atoms with E-state index in [-0.39, 0.29) is 5.00 Å². The van der Waals surface area contributed by atoms with Crippen LogP contribution in [0.2, 0.25) is 0 Å². The smallest absolute Gasteiger partial charge is 0.309 e. The van der Waals surface area contributed by atoms with Crippen molar-refractivity contribution in [1.29, 1.82) is 0 Å². The Bertz CT molecular complexity index is 363. The highest BCUT2D eigenvalue weighted by molar-refractivity contribution is 7.15. The van der Waals surface area contributed by atoms with Gasteiger partial charge in [0.15, 0.2) is 5.01 Å². The lowest BCUT2D eigenvalue weighted by Crippen LogP contribution is -2.04. The van der Waals surface area contributed by atoms with Crippen molar-refractivity contribution in [2.45, 2.75) is 0 Å². The summed E-state index contributed by atoms with van der Waals surface area (Å²) in [6.45, 7) is 0.549. The van der Waals surface area contributed by atoms with Crippen molar-refractivity contribution < 1.29 is 4.92 Å². The molecule has 0 spiro atoms. The van der Waals surface area contributed by atoms with Gasteiger partial charge in [0.05, 0.1) is 11.5 Å². The molecule has 0 fully saturated rings. The van der Waals surface area contributed by atoms with Crippen LogP contribution >= 0.6 is 11.3 Å². The fourth-order valence-corrected chi connectivity index (χ4v) is 1.22. The fourth-order valence-electron chi connectivity index (χ4n) is 0.616. The second kappa shape index (κ2) is 4.54. The van der Waals surface area contributed by atoms with Crippen molar-refractivity contribution in [3.63, 3.8) is 0 Å². The molecule has 0 bridgehead atoms. The van der Waals surface area contributed by atoms with Crippen molar-refractivity contribution in [2.24, 2.45) is 0 Å². The summed E-state index contributed by atoms with van der Waals surface area (Å²) >= 11 is 0.980. The van der Waals surface area contributed by atoms with Gasteiger partial charge in [-0.3, -0.25) is 10.1 Å². The van der Waals surface area contributed by atoms with Gasteiger partial charge in [0.2, 0.25) is 0 Å². The number of nitro groups is 1. The lowest BCUT2D eigenvalue weighted by atomic mass is 10.6. The molecule has 13 heavy (non-hydrogen) atoms. The zero-order valence-electron chi connectivity index (χ0n) is 6.90. The molecule has 0 saturated heterocycles. The van der Waals surface area contributed by atoms with Crippen LogP contribution in [-0.4, -0.2) is 23.5 Å². The molecule has 0 atom stereocenters. The lowest BCUT2D eigenvalue weighted by Gasteiger charge is -1.80. The molecular formula is C7H7N3O2S. The fraction of sp³-hybridized carbons (Fsp3) is 0.286. The Morgan fingerprint density at radius 1 is 1.85 bits per heavy atom. The van der Waals surface area contributed by atoms with E-state index in [9.17, 15) is 10.1 Å². The third kappa shape index (κ3) is 2.82. The molecule has 1 N–H and O–H groups in total. The van der Waals surface area contributed by atoms with Gasteiger partial charge in [-0.2, -0.15) is 0 Å². The van der Waals surface area contributed by atoms with Gasteiger partial charge in [-0.25, -0.2) is 4.98 Å². The number of thiazole rings is 1. The first kappa shape index (κ1) is 9.64. The van der Waals surface area contributed by atoms with Crippen LogP contribution in [0.15, 0.2) is 6.20 Å². The van der Waals surface area contributed by atoms with E-state index >= 15 is 0 Å². The minimum atomic E-state index is -0.471. The quantitative estimate of drug-likeness (QED) is 0.429. The number of aromatic nitrogens is 1. The molecule has 1 rings (SSSR count). The summed E-state index contributed by atoms with van der Waals surface area (Å²) in [6.07, 6.45) is 1.22. The molecule has 68 valence electrons. The van der Waals surface area contributed by atoms with Crippen LogP contribution in [-0.2, 0) is 0 Å². The van der Waals surface area contributed by atoms with Gasteiger partial charge in [-0.1, -0.05) is 5.92 Å². The Kier molecular flexibility index (Phi) is 3.37. The standard InChI is InChI=1S/C7H7N3O2S/c1-8-4-2-3-6-9-5-7(13-6)10(11)12/h5,8H,4H2,1H3. The predicted molar refractivity (Wildman–Crippen MR) is 49.6 cm³/mol. The third-order valence-corrected chi connectivity index (χ3v) is 2.00. The first-order chi connectivity index (χ1) is 6.24. The van der Waals surface area contributed by atoms with Crippen LogP contribution in [0.4, 0.5) is 5.00 Å². The summed E-state index contributed by atoms with van der Waals surface area (Å²) in [5, 5.41) is 13.6. The molecule has 1 aromatic heterocycles. The highest BCUT2D eigenvalue weighted by Gasteiger charge is 2.09. The van der Waals surface area contributed by atoms with Crippen molar-refractivity contribution in [2.75, 3.05) is 13.6 Å². The first-order valence-electron chi connectivity index (χ1n) is 3.47. The first-order valence-corrected chi connectivity index (χ1v) is 4.29. The molecule has 0 aliphatic carbocycles. The minimum Gasteiger partial charge on any atom is -0.309 e. The Morgan fingerprint density at radius 2 is 2.62 bits per heavy atom. The van der Waals surface area contributed by atoms with E-state index in [1.54, 1.807) is 7.05 Å². The van der Waals surface area contributed by atoms with Crippen LogP contribution in [0.5, 0.6) is 0 Å². The van der Waals surface area contributed by atoms with Crippen LogP contribution in [0, 0.1) is 22.0 Å². The number of hydrogen-bond acceptors (Lipinski definition) is 5. The van der Waals surface area contributed by atoms with E-state index in [2.05, 4.69) is 22.1 Å². The summed E-state index contributed by atoms with van der Waals surface area (Å²) in [6, 6.07) is 0. The van der Waals surface area contributed by atoms with Gasteiger partial charge in [-0.05, 0) is 24.3 Å². The van der Waals surface area contributed by atoms with Gasteiger partial charge in [0.25, 0.3) is 0 Å². The maximum Gasteiger partial charge on any atom is 0.344 e. The molecule has 6 heteroatoms. The molecule has 1 heterocycles. The molecule has 0 radical (unpaired) electrons. The summed E-state index contributed by atoms with van der Waals surface area (Å²) in [4.78, 5) is 13.6. The highest BCUT2D eigenvalue weighted by Crippen LogP contribution is 2.19. The monoisotopic (exact) mass is 197 g/mol. The molecule has 0 unspecified atom stereocenters. The van der Waals surface area contributed by atoms with E-state index in [4.69, 9.17) is 0 Å². The molecule has 0 aromatic carbocycles. The van der Waals surface area contributed by atoms with Crippen LogP contribution in [0.1, 0.15) is 5.01 Å². The van der Waals surface area contributed by atoms with E-state index in [0.29, 0.717) is 11.6 Å². The van der Waals surface area contributed by atoms with E-state index in [0.717, 1.165) is 11.3 Å². The van der Waals surface area contributed by atoms with E-state index in [1.165, 1.54) is 6.20 Å². The summed E-state index contributed by atoms with van der Waals surface area (Å²) in [5.41, 5.74) is 0. The zero-order valence-corrected chi connectivity index (χ0v) is 7.72. The van der Waals surface area contributed by atoms with Gasteiger partial charge in [0.1, 0.15) is 6.20 Å². The average Bonchev–Trinajstić information content (AvgIpc) is 2.53. The Hall–Kier alpha value is -1.45. The minimum absolute atomic E-state index is 0.0220. The zero-order chi connectivity index (χ0) is 9.68. The average molecular weight is 197 g/mol. The Balaban J connectivity index is 2.71. The molecule has 5 nitrogen and oxygen atoms in total. The Morgan fingerprint density at radius 3 is 3.15 bits per heavy atom. The Labute approximate surface area is 79.0 Å². The van der Waals surface area contributed by atoms with Crippen molar-refractivity contribution in [1.82, 2.24) is 10.3 Å². The van der Waals surface area contributed by atoms with Crippen LogP contribution < -0.4 is 5.32 Å². The third-order valence-electron chi connectivity index (χ3n) is 1.13.